The van der Waals surface area contributed by atoms with E-state index < -0.39 is 5.97 Å². The Bertz CT molecular complexity index is 762. The number of para-hydroxylation sites is 1. The Morgan fingerprint density at radius 3 is 2.68 bits per heavy atom. The van der Waals surface area contributed by atoms with E-state index >= 15 is 0 Å². The van der Waals surface area contributed by atoms with Gasteiger partial charge in [0, 0.05) is 18.9 Å². The molecule has 1 heterocycles. The Labute approximate surface area is 165 Å². The zero-order valence-electron chi connectivity index (χ0n) is 16.4. The molecule has 0 aromatic heterocycles. The molecular weight excluding hydrogens is 358 g/mol. The number of hydrogen-bond acceptors (Lipinski definition) is 5. The highest BCUT2D eigenvalue weighted by atomic mass is 16.5. The third-order valence-electron chi connectivity index (χ3n) is 5.66. The summed E-state index contributed by atoms with van der Waals surface area (Å²) < 4.78 is 5.15. The van der Waals surface area contributed by atoms with Crippen LogP contribution in [0.15, 0.2) is 35.4 Å². The number of rotatable bonds is 5. The van der Waals surface area contributed by atoms with Gasteiger partial charge in [-0.05, 0) is 30.4 Å². The first-order valence-electron chi connectivity index (χ1n) is 9.87. The van der Waals surface area contributed by atoms with Gasteiger partial charge in [0.05, 0.1) is 5.69 Å². The lowest BCUT2D eigenvalue weighted by molar-refractivity contribution is -0.142. The van der Waals surface area contributed by atoms with E-state index in [0.29, 0.717) is 17.5 Å². The van der Waals surface area contributed by atoms with Gasteiger partial charge in [0.15, 0.2) is 6.61 Å². The van der Waals surface area contributed by atoms with Crippen molar-refractivity contribution in [2.75, 3.05) is 11.6 Å². The predicted molar refractivity (Wildman–Crippen MR) is 106 cm³/mol. The minimum absolute atomic E-state index is 0.119. The largest absolute Gasteiger partial charge is 0.451 e. The first kappa shape index (κ1) is 20.0. The van der Waals surface area contributed by atoms with Crippen LogP contribution in [-0.2, 0) is 19.1 Å². The van der Waals surface area contributed by atoms with Crippen LogP contribution in [0.25, 0.3) is 0 Å². The summed E-state index contributed by atoms with van der Waals surface area (Å²) in [6.07, 6.45) is 3.60. The monoisotopic (exact) mass is 385 g/mol. The topological polar surface area (TPSA) is 88.1 Å². The number of anilines is 1. The van der Waals surface area contributed by atoms with Gasteiger partial charge in [0.2, 0.25) is 5.91 Å². The number of nitrogens with one attached hydrogen (secondary N) is 1. The number of nitrogens with zero attached hydrogens (tertiary/aromatic N) is 2. The van der Waals surface area contributed by atoms with Crippen molar-refractivity contribution < 1.29 is 19.1 Å². The van der Waals surface area contributed by atoms with Crippen molar-refractivity contribution in [1.29, 1.82) is 0 Å². The van der Waals surface area contributed by atoms with Crippen molar-refractivity contribution in [1.82, 2.24) is 5.32 Å². The molecule has 7 heteroatoms. The molecule has 0 bridgehead atoms. The molecule has 1 N–H and O–H groups in total. The Morgan fingerprint density at radius 2 is 1.93 bits per heavy atom. The van der Waals surface area contributed by atoms with Gasteiger partial charge in [0.25, 0.3) is 5.91 Å². The molecule has 1 aromatic rings. The van der Waals surface area contributed by atoms with Crippen molar-refractivity contribution in [2.24, 2.45) is 16.9 Å². The van der Waals surface area contributed by atoms with Gasteiger partial charge in [-0.15, -0.1) is 0 Å². The lowest BCUT2D eigenvalue weighted by Gasteiger charge is -2.34. The van der Waals surface area contributed by atoms with E-state index in [-0.39, 0.29) is 43.0 Å². The summed E-state index contributed by atoms with van der Waals surface area (Å²) in [5, 5.41) is 8.33. The molecule has 3 rings (SSSR count). The highest BCUT2D eigenvalue weighted by molar-refractivity contribution is 6.38. The van der Waals surface area contributed by atoms with Gasteiger partial charge in [-0.1, -0.05) is 44.9 Å². The lowest BCUT2D eigenvalue weighted by atomic mass is 9.78. The van der Waals surface area contributed by atoms with E-state index in [1.165, 1.54) is 11.4 Å². The zero-order chi connectivity index (χ0) is 20.1. The molecule has 3 atom stereocenters. The van der Waals surface area contributed by atoms with Gasteiger partial charge in [-0.25, -0.2) is 9.80 Å². The van der Waals surface area contributed by atoms with Crippen LogP contribution in [0.5, 0.6) is 0 Å². The molecule has 2 aliphatic rings. The molecule has 2 amide bonds. The maximum atomic E-state index is 12.3. The summed E-state index contributed by atoms with van der Waals surface area (Å²) in [4.78, 5) is 36.6. The van der Waals surface area contributed by atoms with Crippen LogP contribution in [0.3, 0.4) is 0 Å². The number of hydrogen-bond donors (Lipinski definition) is 1. The zero-order valence-corrected chi connectivity index (χ0v) is 16.4. The molecule has 1 aliphatic heterocycles. The van der Waals surface area contributed by atoms with Crippen LogP contribution in [0, 0.1) is 11.8 Å². The second-order valence-corrected chi connectivity index (χ2v) is 7.61. The number of carbonyl (C=O) groups excluding carboxylic acids is 3. The van der Waals surface area contributed by atoms with Crippen molar-refractivity contribution >= 4 is 29.2 Å². The standard InChI is InChI=1S/C21H27N3O4/c1-14-7-6-10-17(15(14)2)22-19(25)13-28-21(27)18-11-12-20(26)24(23-18)16-8-4-3-5-9-16/h3-5,8-9,14-15,17H,6-7,10-13H2,1-2H3,(H,22,25)/t14-,15-,17-/m1/s1. The Morgan fingerprint density at radius 1 is 1.18 bits per heavy atom. The molecule has 0 unspecified atom stereocenters. The molecule has 1 aliphatic carbocycles. The molecular formula is C21H27N3O4. The second kappa shape index (κ2) is 8.99. The second-order valence-electron chi connectivity index (χ2n) is 7.61. The van der Waals surface area contributed by atoms with Gasteiger partial charge in [0.1, 0.15) is 5.71 Å². The number of hydrazone groups is 1. The normalized spacial score (nSPS) is 25.1. The smallest absolute Gasteiger partial charge is 0.355 e. The third-order valence-corrected chi connectivity index (χ3v) is 5.66. The van der Waals surface area contributed by atoms with E-state index in [1.807, 2.05) is 6.07 Å². The van der Waals surface area contributed by atoms with Gasteiger partial charge in [-0.2, -0.15) is 5.10 Å². The van der Waals surface area contributed by atoms with Crippen molar-refractivity contribution in [2.45, 2.75) is 52.0 Å². The number of ether oxygens (including phenoxy) is 1. The van der Waals surface area contributed by atoms with Crippen molar-refractivity contribution in [3.05, 3.63) is 30.3 Å². The summed E-state index contributed by atoms with van der Waals surface area (Å²) in [5.74, 6) is -0.164. The van der Waals surface area contributed by atoms with E-state index in [4.69, 9.17) is 4.74 Å². The van der Waals surface area contributed by atoms with Gasteiger partial charge in [-0.3, -0.25) is 9.59 Å². The van der Waals surface area contributed by atoms with Crippen LogP contribution in [0.2, 0.25) is 0 Å². The fraction of sp³-hybridized carbons (Fsp3) is 0.524. The van der Waals surface area contributed by atoms with E-state index in [0.717, 1.165) is 12.8 Å². The van der Waals surface area contributed by atoms with Gasteiger partial charge < -0.3 is 10.1 Å². The van der Waals surface area contributed by atoms with Crippen LogP contribution >= 0.6 is 0 Å². The molecule has 1 fully saturated rings. The summed E-state index contributed by atoms with van der Waals surface area (Å²) >= 11 is 0. The number of amides is 2. The predicted octanol–water partition coefficient (Wildman–Crippen LogP) is 2.65. The van der Waals surface area contributed by atoms with E-state index in [1.54, 1.807) is 24.3 Å². The number of benzene rings is 1. The van der Waals surface area contributed by atoms with Crippen molar-refractivity contribution in [3.63, 3.8) is 0 Å². The summed E-state index contributed by atoms with van der Waals surface area (Å²) in [7, 11) is 0. The Hall–Kier alpha value is -2.70. The molecule has 150 valence electrons. The Kier molecular flexibility index (Phi) is 6.44. The fourth-order valence-electron chi connectivity index (χ4n) is 3.72. The summed E-state index contributed by atoms with van der Waals surface area (Å²) in [5.41, 5.74) is 0.742. The van der Waals surface area contributed by atoms with Gasteiger partial charge >= 0.3 is 5.97 Å². The van der Waals surface area contributed by atoms with Crippen LogP contribution in [-0.4, -0.2) is 36.1 Å². The van der Waals surface area contributed by atoms with Crippen molar-refractivity contribution in [3.8, 4) is 0 Å². The van der Waals surface area contributed by atoms with Crippen LogP contribution in [0.1, 0.15) is 46.0 Å². The number of esters is 1. The first-order chi connectivity index (χ1) is 13.5. The maximum Gasteiger partial charge on any atom is 0.355 e. The molecule has 0 radical (unpaired) electrons. The molecule has 1 saturated carbocycles. The van der Waals surface area contributed by atoms with Crippen LogP contribution in [0.4, 0.5) is 5.69 Å². The fourth-order valence-corrected chi connectivity index (χ4v) is 3.72. The Balaban J connectivity index is 1.55. The molecule has 0 spiro atoms. The average Bonchev–Trinajstić information content (AvgIpc) is 2.70. The van der Waals surface area contributed by atoms with E-state index in [9.17, 15) is 14.4 Å². The minimum atomic E-state index is -0.659. The third kappa shape index (κ3) is 4.77. The SMILES string of the molecule is C[C@@H]1[C@H](C)CCC[C@H]1NC(=O)COC(=O)C1=NN(c2ccccc2)C(=O)CC1. The number of carbonyl (C=O) groups is 3. The van der Waals surface area contributed by atoms with Crippen LogP contribution < -0.4 is 10.3 Å². The molecule has 1 aromatic carbocycles. The summed E-state index contributed by atoms with van der Waals surface area (Å²) in [6.45, 7) is 4.01. The lowest BCUT2D eigenvalue weighted by Crippen LogP contribution is -2.45. The van der Waals surface area contributed by atoms with E-state index in [2.05, 4.69) is 24.3 Å². The molecule has 7 nitrogen and oxygen atoms in total. The highest BCUT2D eigenvalue weighted by Crippen LogP contribution is 2.29. The molecule has 0 saturated heterocycles. The molecule has 28 heavy (non-hydrogen) atoms. The first-order valence-corrected chi connectivity index (χ1v) is 9.87. The minimum Gasteiger partial charge on any atom is -0.451 e. The average molecular weight is 385 g/mol. The maximum absolute atomic E-state index is 12.3. The quantitative estimate of drug-likeness (QED) is 0.789. The highest BCUT2D eigenvalue weighted by Gasteiger charge is 2.29. The summed E-state index contributed by atoms with van der Waals surface area (Å²) in [6, 6.07) is 9.03.